The van der Waals surface area contributed by atoms with Gasteiger partial charge in [0.1, 0.15) is 5.60 Å². The van der Waals surface area contributed by atoms with Gasteiger partial charge in [-0.25, -0.2) is 9.67 Å². The molecule has 0 atom stereocenters. The van der Waals surface area contributed by atoms with Crippen molar-refractivity contribution >= 4 is 34.3 Å². The van der Waals surface area contributed by atoms with E-state index < -0.39 is 11.6 Å². The third-order valence-corrected chi connectivity index (χ3v) is 7.69. The molecular formula is C25H34N6O4. The monoisotopic (exact) mass is 482 g/mol. The zero-order chi connectivity index (χ0) is 24.6. The van der Waals surface area contributed by atoms with Crippen LogP contribution in [0.1, 0.15) is 70.8 Å². The van der Waals surface area contributed by atoms with Crippen molar-refractivity contribution in [1.82, 2.24) is 25.6 Å². The molecule has 2 aliphatic carbocycles. The molecule has 2 saturated carbocycles. The summed E-state index contributed by atoms with van der Waals surface area (Å²) in [7, 11) is 0. The van der Waals surface area contributed by atoms with Gasteiger partial charge in [-0.3, -0.25) is 19.9 Å². The molecule has 0 unspecified atom stereocenters. The molecule has 10 nitrogen and oxygen atoms in total. The summed E-state index contributed by atoms with van der Waals surface area (Å²) < 4.78 is 1.88. The fraction of sp³-hybridized carbons (Fsp3) is 0.600. The van der Waals surface area contributed by atoms with Gasteiger partial charge in [0.25, 0.3) is 0 Å². The predicted octanol–water partition coefficient (Wildman–Crippen LogP) is 3.20. The first-order valence-electron chi connectivity index (χ1n) is 12.7. The summed E-state index contributed by atoms with van der Waals surface area (Å²) in [5.41, 5.74) is 6.35. The van der Waals surface area contributed by atoms with Gasteiger partial charge in [-0.15, -0.1) is 0 Å². The number of nitrogens with one attached hydrogen (secondary N) is 3. The number of pyridine rings is 1. The molecule has 2 aromatic heterocycles. The largest absolute Gasteiger partial charge is 0.481 e. The summed E-state index contributed by atoms with van der Waals surface area (Å²) in [6.45, 7) is 4.32. The summed E-state index contributed by atoms with van der Waals surface area (Å²) in [5, 5.41) is 21.6. The minimum atomic E-state index is -0.698. The van der Waals surface area contributed by atoms with Crippen molar-refractivity contribution in [2.24, 2.45) is 5.92 Å². The Bertz CT molecular complexity index is 1140. The second-order valence-corrected chi connectivity index (χ2v) is 10.1. The van der Waals surface area contributed by atoms with Gasteiger partial charge in [0.05, 0.1) is 28.9 Å². The molecular weight excluding hydrogens is 448 g/mol. The Labute approximate surface area is 204 Å². The number of aromatic nitrogens is 3. The van der Waals surface area contributed by atoms with Crippen molar-refractivity contribution < 1.29 is 19.5 Å². The molecule has 3 aliphatic rings. The quantitative estimate of drug-likeness (QED) is 0.494. The standard InChI is InChI=1S/C25H34N6O4/c1-3-31-23-20(14-27-31)22(29-17-6-4-16(5-7-17)24(33)34)19(13-26-23)21-12-25(35-30-21)10-8-18(9-11-25)28-15(2)32/h12-14,16-18,30H,3-11H2,1-2H3,(H,26,29)(H,28,32)(H,33,34). The van der Waals surface area contributed by atoms with Crippen molar-refractivity contribution in [2.75, 3.05) is 5.32 Å². The fourth-order valence-corrected chi connectivity index (χ4v) is 5.70. The van der Waals surface area contributed by atoms with Crippen LogP contribution in [-0.2, 0) is 21.0 Å². The summed E-state index contributed by atoms with van der Waals surface area (Å²) >= 11 is 0. The normalized spacial score (nSPS) is 28.5. The zero-order valence-corrected chi connectivity index (χ0v) is 20.3. The number of hydrogen-bond donors (Lipinski definition) is 4. The van der Waals surface area contributed by atoms with Crippen LogP contribution in [0.25, 0.3) is 16.7 Å². The number of hydrogen-bond acceptors (Lipinski definition) is 7. The van der Waals surface area contributed by atoms with Gasteiger partial charge in [-0.2, -0.15) is 5.10 Å². The van der Waals surface area contributed by atoms with E-state index >= 15 is 0 Å². The number of anilines is 1. The average molecular weight is 483 g/mol. The Morgan fingerprint density at radius 1 is 1.17 bits per heavy atom. The van der Waals surface area contributed by atoms with Crippen LogP contribution in [0.2, 0.25) is 0 Å². The number of hydroxylamine groups is 1. The van der Waals surface area contributed by atoms with E-state index in [0.717, 1.165) is 73.1 Å². The Hall–Kier alpha value is -3.14. The van der Waals surface area contributed by atoms with Crippen molar-refractivity contribution in [1.29, 1.82) is 0 Å². The average Bonchev–Trinajstić information content (AvgIpc) is 3.45. The first-order chi connectivity index (χ1) is 16.9. The summed E-state index contributed by atoms with van der Waals surface area (Å²) in [6.07, 6.45) is 12.2. The highest BCUT2D eigenvalue weighted by Gasteiger charge is 2.40. The van der Waals surface area contributed by atoms with Crippen LogP contribution in [0.5, 0.6) is 0 Å². The molecule has 2 aromatic rings. The van der Waals surface area contributed by atoms with Crippen LogP contribution in [0, 0.1) is 5.92 Å². The molecule has 5 rings (SSSR count). The Morgan fingerprint density at radius 2 is 1.91 bits per heavy atom. The number of aliphatic carboxylic acids is 1. The minimum absolute atomic E-state index is 0.00718. The van der Waals surface area contributed by atoms with E-state index in [1.165, 1.54) is 0 Å². The summed E-state index contributed by atoms with van der Waals surface area (Å²) in [5.74, 6) is -0.948. The fourth-order valence-electron chi connectivity index (χ4n) is 5.70. The number of fused-ring (bicyclic) bond motifs is 1. The second kappa shape index (κ2) is 9.49. The number of nitrogens with zero attached hydrogens (tertiary/aromatic N) is 3. The molecule has 1 spiro atoms. The third kappa shape index (κ3) is 4.71. The maximum atomic E-state index is 11.4. The van der Waals surface area contributed by atoms with Crippen LogP contribution >= 0.6 is 0 Å². The topological polar surface area (TPSA) is 130 Å². The molecule has 1 aliphatic heterocycles. The van der Waals surface area contributed by atoms with E-state index in [2.05, 4.69) is 27.3 Å². The molecule has 1 amide bonds. The number of carboxylic acid groups (broad SMARTS) is 1. The van der Waals surface area contributed by atoms with Gasteiger partial charge in [0, 0.05) is 37.3 Å². The second-order valence-electron chi connectivity index (χ2n) is 10.1. The number of amides is 1. The highest BCUT2D eigenvalue weighted by Crippen LogP contribution is 2.41. The van der Waals surface area contributed by atoms with Crippen LogP contribution in [-0.4, -0.2) is 49.4 Å². The highest BCUT2D eigenvalue weighted by atomic mass is 16.7. The van der Waals surface area contributed by atoms with Gasteiger partial charge >= 0.3 is 5.97 Å². The third-order valence-electron chi connectivity index (χ3n) is 7.69. The molecule has 0 radical (unpaired) electrons. The SMILES string of the molecule is CCn1ncc2c(NC3CCC(C(=O)O)CC3)c(C3=CC4(CCC(NC(C)=O)CC4)ON3)cnc21. The van der Waals surface area contributed by atoms with Crippen molar-refractivity contribution in [3.8, 4) is 0 Å². The molecule has 2 fully saturated rings. The van der Waals surface area contributed by atoms with E-state index in [1.807, 2.05) is 24.0 Å². The van der Waals surface area contributed by atoms with Gasteiger partial charge in [0.2, 0.25) is 5.91 Å². The number of aryl methyl sites for hydroxylation is 1. The molecule has 188 valence electrons. The summed E-state index contributed by atoms with van der Waals surface area (Å²) in [6, 6.07) is 0.375. The molecule has 0 aromatic carbocycles. The van der Waals surface area contributed by atoms with E-state index in [0.29, 0.717) is 12.8 Å². The van der Waals surface area contributed by atoms with Gasteiger partial charge in [-0.1, -0.05) is 0 Å². The van der Waals surface area contributed by atoms with E-state index in [4.69, 9.17) is 9.82 Å². The molecule has 35 heavy (non-hydrogen) atoms. The lowest BCUT2D eigenvalue weighted by atomic mass is 9.81. The Morgan fingerprint density at radius 3 is 2.57 bits per heavy atom. The summed E-state index contributed by atoms with van der Waals surface area (Å²) in [4.78, 5) is 33.7. The Kier molecular flexibility index (Phi) is 6.39. The lowest BCUT2D eigenvalue weighted by Gasteiger charge is -2.34. The van der Waals surface area contributed by atoms with E-state index in [1.54, 1.807) is 6.92 Å². The molecule has 4 N–H and O–H groups in total. The predicted molar refractivity (Wildman–Crippen MR) is 131 cm³/mol. The zero-order valence-electron chi connectivity index (χ0n) is 20.3. The molecule has 0 saturated heterocycles. The van der Waals surface area contributed by atoms with Crippen molar-refractivity contribution in [3.63, 3.8) is 0 Å². The van der Waals surface area contributed by atoms with Crippen molar-refractivity contribution in [2.45, 2.75) is 89.4 Å². The lowest BCUT2D eigenvalue weighted by molar-refractivity contribution is -0.142. The number of carbonyl (C=O) groups is 2. The van der Waals surface area contributed by atoms with Gasteiger partial charge < -0.3 is 15.7 Å². The van der Waals surface area contributed by atoms with Gasteiger partial charge in [-0.05, 0) is 64.4 Å². The smallest absolute Gasteiger partial charge is 0.306 e. The molecule has 3 heterocycles. The Balaban J connectivity index is 1.42. The van der Waals surface area contributed by atoms with Crippen molar-refractivity contribution in [3.05, 3.63) is 24.0 Å². The number of carboxylic acids is 1. The highest BCUT2D eigenvalue weighted by molar-refractivity contribution is 5.95. The number of rotatable bonds is 6. The first kappa shape index (κ1) is 23.6. The molecule has 10 heteroatoms. The maximum Gasteiger partial charge on any atom is 0.306 e. The molecule has 0 bridgehead atoms. The minimum Gasteiger partial charge on any atom is -0.481 e. The number of carbonyl (C=O) groups excluding carboxylic acids is 1. The van der Waals surface area contributed by atoms with E-state index in [-0.39, 0.29) is 23.9 Å². The van der Waals surface area contributed by atoms with Crippen LogP contribution in [0.15, 0.2) is 18.5 Å². The van der Waals surface area contributed by atoms with E-state index in [9.17, 15) is 14.7 Å². The van der Waals surface area contributed by atoms with Gasteiger partial charge in [0.15, 0.2) is 5.65 Å². The van der Waals surface area contributed by atoms with Crippen LogP contribution in [0.3, 0.4) is 0 Å². The van der Waals surface area contributed by atoms with Crippen LogP contribution in [0.4, 0.5) is 5.69 Å². The first-order valence-corrected chi connectivity index (χ1v) is 12.7. The maximum absolute atomic E-state index is 11.4. The lowest BCUT2D eigenvalue weighted by Crippen LogP contribution is -2.42. The van der Waals surface area contributed by atoms with Crippen LogP contribution < -0.4 is 16.1 Å².